The summed E-state index contributed by atoms with van der Waals surface area (Å²) in [5.41, 5.74) is 0.0574. The molecule has 1 nitrogen and oxygen atoms in total. The van der Waals surface area contributed by atoms with Gasteiger partial charge in [0.05, 0.1) is 4.47 Å². The highest BCUT2D eigenvalue weighted by atomic mass is 79.9. The van der Waals surface area contributed by atoms with E-state index >= 15 is 0 Å². The van der Waals surface area contributed by atoms with Crippen LogP contribution in [-0.2, 0) is 6.54 Å². The van der Waals surface area contributed by atoms with E-state index in [0.717, 1.165) is 12.8 Å². The highest BCUT2D eigenvalue weighted by molar-refractivity contribution is 9.10. The number of rotatable bonds is 6. The predicted octanol–water partition coefficient (Wildman–Crippen LogP) is 4.22. The quantitative estimate of drug-likeness (QED) is 0.469. The fraction of sp³-hybridized carbons (Fsp3) is 0.500. The maximum absolute atomic E-state index is 13.6. The van der Waals surface area contributed by atoms with Crippen molar-refractivity contribution >= 4 is 27.5 Å². The van der Waals surface area contributed by atoms with Crippen molar-refractivity contribution in [2.45, 2.75) is 31.7 Å². The third kappa shape index (κ3) is 4.53. The average molecular weight is 327 g/mol. The first-order valence-electron chi connectivity index (χ1n) is 5.53. The molecule has 0 heterocycles. The van der Waals surface area contributed by atoms with Crippen molar-refractivity contribution in [1.82, 2.24) is 5.32 Å². The topological polar surface area (TPSA) is 12.0 Å². The van der Waals surface area contributed by atoms with E-state index in [9.17, 15) is 8.78 Å². The molecule has 96 valence electrons. The molecule has 0 fully saturated rings. The minimum absolute atomic E-state index is 0.0574. The van der Waals surface area contributed by atoms with Gasteiger partial charge in [0.2, 0.25) is 0 Å². The van der Waals surface area contributed by atoms with Crippen LogP contribution in [0.2, 0.25) is 0 Å². The maximum Gasteiger partial charge on any atom is 0.144 e. The summed E-state index contributed by atoms with van der Waals surface area (Å²) >= 11 is 8.97. The summed E-state index contributed by atoms with van der Waals surface area (Å²) in [4.78, 5) is 0. The summed E-state index contributed by atoms with van der Waals surface area (Å²) < 4.78 is 27.2. The number of alkyl halides is 1. The Labute approximate surface area is 114 Å². The zero-order chi connectivity index (χ0) is 12.8. The van der Waals surface area contributed by atoms with E-state index < -0.39 is 11.6 Å². The Kier molecular flexibility index (Phi) is 6.38. The van der Waals surface area contributed by atoms with Crippen LogP contribution in [0.1, 0.15) is 25.3 Å². The van der Waals surface area contributed by atoms with E-state index in [-0.39, 0.29) is 22.0 Å². The van der Waals surface area contributed by atoms with Crippen molar-refractivity contribution in [3.05, 3.63) is 33.8 Å². The lowest BCUT2D eigenvalue weighted by Crippen LogP contribution is -2.19. The molecule has 17 heavy (non-hydrogen) atoms. The van der Waals surface area contributed by atoms with Gasteiger partial charge in [-0.05, 0) is 47.4 Å². The van der Waals surface area contributed by atoms with Crippen molar-refractivity contribution in [3.63, 3.8) is 0 Å². The van der Waals surface area contributed by atoms with Gasteiger partial charge in [-0.15, -0.1) is 11.6 Å². The summed E-state index contributed by atoms with van der Waals surface area (Å²) in [6, 6.07) is 2.61. The number of nitrogens with one attached hydrogen (secondary N) is 1. The van der Waals surface area contributed by atoms with E-state index in [4.69, 9.17) is 11.6 Å². The van der Waals surface area contributed by atoms with Crippen LogP contribution in [0, 0.1) is 11.6 Å². The molecule has 0 aliphatic carbocycles. The largest absolute Gasteiger partial charge is 0.312 e. The maximum atomic E-state index is 13.6. The second-order valence-corrected chi connectivity index (χ2v) is 5.26. The lowest BCUT2D eigenvalue weighted by molar-refractivity contribution is 0.526. The zero-order valence-corrected chi connectivity index (χ0v) is 11.9. The van der Waals surface area contributed by atoms with Crippen LogP contribution < -0.4 is 5.32 Å². The standard InChI is InChI=1S/C12H15BrClF2N/c1-2-8(14)5-6-17-7-9-11(15)4-3-10(13)12(9)16/h3-4,8,17H,2,5-7H2,1H3. The Morgan fingerprint density at radius 2 is 2.12 bits per heavy atom. The van der Waals surface area contributed by atoms with Crippen LogP contribution in [0.25, 0.3) is 0 Å². The number of halogens is 4. The first-order chi connectivity index (χ1) is 8.06. The minimum Gasteiger partial charge on any atom is -0.312 e. The Hall–Kier alpha value is -0.190. The molecule has 1 N–H and O–H groups in total. The minimum atomic E-state index is -0.546. The van der Waals surface area contributed by atoms with Crippen LogP contribution in [0.4, 0.5) is 8.78 Å². The molecule has 0 radical (unpaired) electrons. The van der Waals surface area contributed by atoms with Gasteiger partial charge in [0, 0.05) is 17.5 Å². The summed E-state index contributed by atoms with van der Waals surface area (Å²) in [6.45, 7) is 2.82. The first kappa shape index (κ1) is 14.9. The molecular formula is C12H15BrClF2N. The smallest absolute Gasteiger partial charge is 0.144 e. The van der Waals surface area contributed by atoms with Gasteiger partial charge in [-0.3, -0.25) is 0 Å². The zero-order valence-electron chi connectivity index (χ0n) is 9.57. The van der Waals surface area contributed by atoms with Gasteiger partial charge in [-0.1, -0.05) is 6.92 Å². The molecule has 1 aromatic rings. The summed E-state index contributed by atoms with van der Waals surface area (Å²) in [6.07, 6.45) is 1.68. The van der Waals surface area contributed by atoms with E-state index in [1.165, 1.54) is 12.1 Å². The molecule has 1 rings (SSSR count). The molecule has 0 spiro atoms. The van der Waals surface area contributed by atoms with Crippen molar-refractivity contribution in [3.8, 4) is 0 Å². The molecule has 0 aliphatic rings. The van der Waals surface area contributed by atoms with E-state index in [1.807, 2.05) is 6.92 Å². The third-order valence-corrected chi connectivity index (χ3v) is 3.66. The van der Waals surface area contributed by atoms with Crippen LogP contribution in [0.3, 0.4) is 0 Å². The molecule has 1 atom stereocenters. The predicted molar refractivity (Wildman–Crippen MR) is 70.3 cm³/mol. The SMILES string of the molecule is CCC(Cl)CCNCc1c(F)ccc(Br)c1F. The third-order valence-electron chi connectivity index (χ3n) is 2.52. The highest BCUT2D eigenvalue weighted by Gasteiger charge is 2.11. The highest BCUT2D eigenvalue weighted by Crippen LogP contribution is 2.21. The Morgan fingerprint density at radius 3 is 2.76 bits per heavy atom. The lowest BCUT2D eigenvalue weighted by atomic mass is 10.2. The molecule has 1 aromatic carbocycles. The summed E-state index contributed by atoms with van der Waals surface area (Å²) in [5.74, 6) is -1.08. The molecule has 0 saturated carbocycles. The molecule has 5 heteroatoms. The Balaban J connectivity index is 2.49. The van der Waals surface area contributed by atoms with Crippen molar-refractivity contribution in [1.29, 1.82) is 0 Å². The van der Waals surface area contributed by atoms with Gasteiger partial charge in [0.15, 0.2) is 0 Å². The van der Waals surface area contributed by atoms with Crippen LogP contribution >= 0.6 is 27.5 Å². The van der Waals surface area contributed by atoms with Crippen molar-refractivity contribution < 1.29 is 8.78 Å². The van der Waals surface area contributed by atoms with Gasteiger partial charge >= 0.3 is 0 Å². The molecule has 0 amide bonds. The van der Waals surface area contributed by atoms with Gasteiger partial charge in [0.25, 0.3) is 0 Å². The average Bonchev–Trinajstić information content (AvgIpc) is 2.32. The molecule has 0 aromatic heterocycles. The first-order valence-corrected chi connectivity index (χ1v) is 6.76. The normalized spacial score (nSPS) is 12.8. The van der Waals surface area contributed by atoms with Crippen LogP contribution in [-0.4, -0.2) is 11.9 Å². The van der Waals surface area contributed by atoms with Gasteiger partial charge in [-0.25, -0.2) is 8.78 Å². The van der Waals surface area contributed by atoms with Crippen LogP contribution in [0.5, 0.6) is 0 Å². The van der Waals surface area contributed by atoms with Gasteiger partial charge in [0.1, 0.15) is 11.6 Å². The lowest BCUT2D eigenvalue weighted by Gasteiger charge is -2.10. The monoisotopic (exact) mass is 325 g/mol. The van der Waals surface area contributed by atoms with E-state index in [2.05, 4.69) is 21.2 Å². The summed E-state index contributed by atoms with van der Waals surface area (Å²) in [5, 5.41) is 3.10. The molecule has 0 bridgehead atoms. The van der Waals surface area contributed by atoms with Gasteiger partial charge in [-0.2, -0.15) is 0 Å². The van der Waals surface area contributed by atoms with Gasteiger partial charge < -0.3 is 5.32 Å². The Bertz CT molecular complexity index is 374. The summed E-state index contributed by atoms with van der Waals surface area (Å²) in [7, 11) is 0. The van der Waals surface area contributed by atoms with Crippen molar-refractivity contribution in [2.75, 3.05) is 6.54 Å². The fourth-order valence-corrected chi connectivity index (χ4v) is 1.89. The number of benzene rings is 1. The second-order valence-electron chi connectivity index (χ2n) is 3.79. The molecular weight excluding hydrogens is 311 g/mol. The number of hydrogen-bond donors (Lipinski definition) is 1. The van der Waals surface area contributed by atoms with Crippen molar-refractivity contribution in [2.24, 2.45) is 0 Å². The Morgan fingerprint density at radius 1 is 1.41 bits per heavy atom. The molecule has 0 aliphatic heterocycles. The second kappa shape index (κ2) is 7.29. The van der Waals surface area contributed by atoms with Crippen LogP contribution in [0.15, 0.2) is 16.6 Å². The fourth-order valence-electron chi connectivity index (χ4n) is 1.41. The molecule has 0 saturated heterocycles. The van der Waals surface area contributed by atoms with E-state index in [1.54, 1.807) is 0 Å². The molecule has 1 unspecified atom stereocenters. The number of hydrogen-bond acceptors (Lipinski definition) is 1. The van der Waals surface area contributed by atoms with E-state index in [0.29, 0.717) is 6.54 Å².